The van der Waals surface area contributed by atoms with Crippen LogP contribution in [0.3, 0.4) is 0 Å². The van der Waals surface area contributed by atoms with Crippen molar-refractivity contribution in [1.29, 1.82) is 0 Å². The first-order chi connectivity index (χ1) is 69.5. The van der Waals surface area contributed by atoms with Crippen molar-refractivity contribution in [1.82, 2.24) is 26.6 Å². The molecule has 0 spiro atoms. The van der Waals surface area contributed by atoms with E-state index in [1.54, 1.807) is 0 Å². The van der Waals surface area contributed by atoms with Crippen LogP contribution < -0.4 is 26.6 Å². The molecule has 5 amide bonds. The van der Waals surface area contributed by atoms with Gasteiger partial charge < -0.3 is 299 Å². The quantitative estimate of drug-likeness (QED) is 0.0273. The largest absolute Gasteiger partial charge is 0.394 e. The van der Waals surface area contributed by atoms with E-state index in [0.29, 0.717) is 0 Å². The Morgan fingerprint density at radius 2 is 0.429 bits per heavy atom. The molecule has 65 nitrogen and oxygen atoms in total. The Kier molecular flexibility index (Phi) is 43.4. The lowest BCUT2D eigenvalue weighted by Gasteiger charge is -2.53. The van der Waals surface area contributed by atoms with Gasteiger partial charge in [0.1, 0.15) is 287 Å². The predicted molar refractivity (Wildman–Crippen MR) is 452 cm³/mol. The van der Waals surface area contributed by atoms with Gasteiger partial charge in [0.25, 0.3) is 0 Å². The molecule has 60 atom stereocenters. The lowest BCUT2D eigenvalue weighted by Crippen LogP contribution is -2.72. The summed E-state index contributed by atoms with van der Waals surface area (Å²) in [7, 11) is 0. The van der Waals surface area contributed by atoms with Crippen molar-refractivity contribution in [3.8, 4) is 0 Å². The van der Waals surface area contributed by atoms with Crippen LogP contribution in [0.2, 0.25) is 0 Å². The highest BCUT2D eigenvalue weighted by Gasteiger charge is 2.64. The van der Waals surface area contributed by atoms with Crippen LogP contribution in [0.5, 0.6) is 0 Å². The summed E-state index contributed by atoms with van der Waals surface area (Å²) in [5.41, 5.74) is 0. The van der Waals surface area contributed by atoms with Gasteiger partial charge in [-0.1, -0.05) is 0 Å². The van der Waals surface area contributed by atoms with Crippen LogP contribution in [0, 0.1) is 0 Å². The number of aliphatic hydroxyl groups is 32. The number of amides is 5. The molecule has 12 saturated heterocycles. The summed E-state index contributed by atoms with van der Waals surface area (Å²) in [5, 5.41) is 374. The van der Waals surface area contributed by atoms with Gasteiger partial charge in [-0.25, -0.2) is 0 Å². The molecule has 0 aromatic rings. The van der Waals surface area contributed by atoms with Gasteiger partial charge in [-0.15, -0.1) is 0 Å². The molecule has 12 aliphatic rings. The zero-order valence-electron chi connectivity index (χ0n) is 79.2. The van der Waals surface area contributed by atoms with Gasteiger partial charge >= 0.3 is 0 Å². The Bertz CT molecular complexity index is 4110. The van der Waals surface area contributed by atoms with Crippen LogP contribution in [-0.2, 0) is 133 Å². The molecule has 12 rings (SSSR count). The third-order valence-electron chi connectivity index (χ3n) is 27.0. The van der Waals surface area contributed by atoms with Gasteiger partial charge in [0.15, 0.2) is 75.5 Å². The highest BCUT2D eigenvalue weighted by Crippen LogP contribution is 2.43. The summed E-state index contributed by atoms with van der Waals surface area (Å²) in [6.45, 7) is -7.19. The molecule has 12 aliphatic heterocycles. The van der Waals surface area contributed by atoms with E-state index in [1.165, 1.54) is 6.92 Å². The Morgan fingerprint density at radius 1 is 0.190 bits per heavy atom. The molecule has 12 heterocycles. The monoisotopic (exact) mass is 2150 g/mol. The van der Waals surface area contributed by atoms with Crippen LogP contribution in [-0.4, -0.2) is 634 Å². The van der Waals surface area contributed by atoms with Crippen molar-refractivity contribution < 1.29 is 296 Å². The van der Waals surface area contributed by atoms with Crippen LogP contribution in [0.1, 0.15) is 41.5 Å². The van der Waals surface area contributed by atoms with Crippen molar-refractivity contribution >= 4 is 29.5 Å². The van der Waals surface area contributed by atoms with Gasteiger partial charge in [0.2, 0.25) is 29.5 Å². The lowest BCUT2D eigenvalue weighted by atomic mass is 9.93. The molecule has 0 bridgehead atoms. The molecule has 850 valence electrons. The SMILES string of the molecule is CC(=O)N[C@H]1[C@H](O[C@H]2[C@H](O)[C@@H](NC(C)=O)C(O)O[C@@H]2CO)O[C@H](CO)[C@@H](O[C@@H]2O[C@H](CO[C@H]3O[C@H](CO[C@@H]4O[C@H](CO)[C@@H](O[C@@H]5O[C@H](CO)[C@H](O)[C@H](O)[C@H]5O)[C@H](O)[C@H]4NC(C)=O)[C@@H](O)[C@H](O)[C@@H]3O)[C@@H](O)[C@H](O[C@H]3O[C@H](CO)[C@@H](O[C@@H]4O[C@H](CO)[C@@H](O[C@@H]5O[C@H](CO)[C@H](O)[C@H](O)[C@H]5O)[C@H](O[C@@H]5O[C@@H](C)[C@@H](O)[C@@H](O)[C@@H]5O)[C@H]4NC(C)=O)[C@H](O)[C@@H]3O[C@@H]3O[C@H](CO)[C@@H](O[C@@H]4O[C@H](CO)[C@H](O)[C@H](O)[C@H]4O)[C@H](O)[C@H]3NC(C)=O)[C@@H]2O)[C@@H]1O. The molecular formula is C82H137N5O60. The smallest absolute Gasteiger partial charge is 0.217 e. The molecule has 147 heavy (non-hydrogen) atoms. The fourth-order valence-corrected chi connectivity index (χ4v) is 19.2. The summed E-state index contributed by atoms with van der Waals surface area (Å²) in [6, 6.07) is -9.90. The number of nitrogens with one attached hydrogen (secondary N) is 5. The van der Waals surface area contributed by atoms with E-state index in [0.717, 1.165) is 34.6 Å². The molecule has 12 fully saturated rings. The van der Waals surface area contributed by atoms with Crippen molar-refractivity contribution in [2.45, 2.75) is 410 Å². The van der Waals surface area contributed by atoms with Gasteiger partial charge in [-0.2, -0.15) is 0 Å². The number of hydrogen-bond acceptors (Lipinski definition) is 60. The Labute approximate surface area is 832 Å². The van der Waals surface area contributed by atoms with Crippen LogP contribution in [0.4, 0.5) is 0 Å². The summed E-state index contributed by atoms with van der Waals surface area (Å²) in [4.78, 5) is 65.7. The summed E-state index contributed by atoms with van der Waals surface area (Å²) >= 11 is 0. The zero-order valence-corrected chi connectivity index (χ0v) is 79.2. The van der Waals surface area contributed by atoms with Gasteiger partial charge in [0.05, 0.1) is 78.8 Å². The van der Waals surface area contributed by atoms with E-state index in [1.807, 2.05) is 0 Å². The van der Waals surface area contributed by atoms with Crippen LogP contribution in [0.15, 0.2) is 0 Å². The van der Waals surface area contributed by atoms with E-state index in [9.17, 15) is 187 Å². The summed E-state index contributed by atoms with van der Waals surface area (Å²) in [5.74, 6) is -4.93. The van der Waals surface area contributed by atoms with E-state index < -0.39 is 470 Å². The maximum atomic E-state index is 13.8. The summed E-state index contributed by atoms with van der Waals surface area (Å²) < 4.78 is 139. The minimum Gasteiger partial charge on any atom is -0.394 e. The molecule has 0 saturated carbocycles. The van der Waals surface area contributed by atoms with Gasteiger partial charge in [-0.3, -0.25) is 24.0 Å². The fraction of sp³-hybridized carbons (Fsp3) is 0.939. The van der Waals surface area contributed by atoms with Gasteiger partial charge in [0, 0.05) is 34.6 Å². The third-order valence-corrected chi connectivity index (χ3v) is 27.0. The third kappa shape index (κ3) is 26.8. The average Bonchev–Trinajstić information content (AvgIpc) is 0.750. The normalized spacial score (nSPS) is 49.6. The molecule has 0 aliphatic carbocycles. The van der Waals surface area contributed by atoms with E-state index in [4.69, 9.17) is 109 Å². The molecule has 65 heteroatoms. The van der Waals surface area contributed by atoms with Crippen molar-refractivity contribution in [2.24, 2.45) is 0 Å². The highest BCUT2D eigenvalue weighted by molar-refractivity contribution is 5.75. The predicted octanol–water partition coefficient (Wildman–Crippen LogP) is -25.4. The Morgan fingerprint density at radius 3 is 0.823 bits per heavy atom. The van der Waals surface area contributed by atoms with E-state index in [-0.39, 0.29) is 0 Å². The van der Waals surface area contributed by atoms with E-state index in [2.05, 4.69) is 26.6 Å². The zero-order chi connectivity index (χ0) is 108. The molecule has 1 unspecified atom stereocenters. The molecule has 0 aromatic heterocycles. The fourth-order valence-electron chi connectivity index (χ4n) is 19.2. The first-order valence-electron chi connectivity index (χ1n) is 47.0. The topological polar surface area (TPSA) is 1010 Å². The second-order valence-corrected chi connectivity index (χ2v) is 37.3. The number of rotatable bonds is 38. The standard InChI is InChI=1S/C82H137N5O60/c1-18-40(102)50(112)56(118)77(127-18)145-68-39(87-23(6)101)75(135-32(15-96)67(68)144-80-59(121)53(115)43(105)26(9-90)131-80)140-66-31(14-95)136-82(70(60(66)122)147-74-38(86-22(5)100)49(111)64(29(12-93)134-74)142-79-58(120)52(114)42(104)25(8-89)130-79)146-69-45(107)34(138-81(61(69)123)143-65-30(13-94)133-73(37(48(65)110)85-21(4)99)139-62-27(10-91)128-71(124)35(46(62)108)83-19(2)97)17-126-76-55(117)54(116)44(106)33(137-76)16-125-72-36(84-20(3)98)47(109)63(28(11-92)132-72)141-78-57(119)51(113)41(103)24(7-88)129-78/h18,24-82,88-96,102-124H,7-17H2,1-6H3,(H,83,97)(H,84,98)(H,85,99)(H,86,100)(H,87,101)/t18-,24+,25+,26+,27+,28+,29+,30+,31+,32+,33+,34+,35+,36+,37+,38+,39+,40+,41-,42-,43-,44+,45+,46+,47+,48+,49+,50+,51-,52-,53-,54-,55-,56-,57+,58+,59+,60-,61-,62+,63+,64+,65+,66+,67+,68+,69-,70-,71?,72+,73-,74-,75-,76-,77-,78-,79-,80-,81-,82+/m0/s1. The highest BCUT2D eigenvalue weighted by atomic mass is 16.8. The second kappa shape index (κ2) is 52.8. The first-order valence-corrected chi connectivity index (χ1v) is 47.0. The Balaban J connectivity index is 0.920. The van der Waals surface area contributed by atoms with Crippen LogP contribution >= 0.6 is 0 Å². The molecule has 0 radical (unpaired) electrons. The van der Waals surface area contributed by atoms with Gasteiger partial charge in [-0.05, 0) is 6.92 Å². The second-order valence-electron chi connectivity index (χ2n) is 37.3. The number of aliphatic hydroxyl groups excluding tert-OH is 32. The maximum Gasteiger partial charge on any atom is 0.217 e. The minimum absolute atomic E-state index is 0.837. The van der Waals surface area contributed by atoms with Crippen molar-refractivity contribution in [3.63, 3.8) is 0 Å². The average molecular weight is 2150 g/mol. The molecule has 37 N–H and O–H groups in total. The number of carbonyl (C=O) groups excluding carboxylic acids is 5. The Hall–Kier alpha value is -4.85. The molecular weight excluding hydrogens is 2010 g/mol. The van der Waals surface area contributed by atoms with E-state index >= 15 is 0 Å². The molecule has 0 aromatic carbocycles. The van der Waals surface area contributed by atoms with Crippen molar-refractivity contribution in [3.05, 3.63) is 0 Å². The maximum absolute atomic E-state index is 13.8. The summed E-state index contributed by atoms with van der Waals surface area (Å²) in [6.07, 6.45) is -120. The number of ether oxygens (including phenoxy) is 23. The first kappa shape index (κ1) is 121. The van der Waals surface area contributed by atoms with Crippen LogP contribution in [0.25, 0.3) is 0 Å². The minimum atomic E-state index is -2.77. The number of hydrogen-bond donors (Lipinski definition) is 37. The number of carbonyl (C=O) groups is 5. The van der Waals surface area contributed by atoms with Crippen molar-refractivity contribution in [2.75, 3.05) is 72.7 Å². The lowest BCUT2D eigenvalue weighted by molar-refractivity contribution is -0.408.